The summed E-state index contributed by atoms with van der Waals surface area (Å²) in [6, 6.07) is 14.8. The highest BCUT2D eigenvalue weighted by atomic mass is 35.5. The fourth-order valence-corrected chi connectivity index (χ4v) is 6.45. The molecule has 0 bridgehead atoms. The molecule has 0 aliphatic carbocycles. The number of nitrogens with two attached hydrogens (primary N) is 1. The Hall–Kier alpha value is -3.51. The van der Waals surface area contributed by atoms with Gasteiger partial charge in [-0.15, -0.1) is 0 Å². The van der Waals surface area contributed by atoms with E-state index < -0.39 is 35.7 Å². The van der Waals surface area contributed by atoms with E-state index in [1.165, 1.54) is 0 Å². The second kappa shape index (κ2) is 14.9. The number of carbonyl (C=O) groups excluding carboxylic acids is 3. The zero-order valence-electron chi connectivity index (χ0n) is 26.9. The van der Waals surface area contributed by atoms with Gasteiger partial charge in [0.05, 0.1) is 18.8 Å². The van der Waals surface area contributed by atoms with Crippen molar-refractivity contribution in [2.45, 2.75) is 69.5 Å². The first kappa shape index (κ1) is 33.8. The van der Waals surface area contributed by atoms with E-state index in [2.05, 4.69) is 10.2 Å². The van der Waals surface area contributed by atoms with Crippen LogP contribution in [0.2, 0.25) is 5.02 Å². The lowest BCUT2D eigenvalue weighted by Gasteiger charge is -2.36. The van der Waals surface area contributed by atoms with Gasteiger partial charge in [-0.25, -0.2) is 4.99 Å². The van der Waals surface area contributed by atoms with Crippen LogP contribution in [0.5, 0.6) is 0 Å². The third-order valence-electron chi connectivity index (χ3n) is 8.98. The Bertz CT molecular complexity index is 1420. The number of amides is 3. The molecule has 3 aliphatic heterocycles. The van der Waals surface area contributed by atoms with Crippen LogP contribution in [-0.2, 0) is 36.9 Å². The minimum atomic E-state index is -1.18. The molecule has 0 spiro atoms. The lowest BCUT2D eigenvalue weighted by Crippen LogP contribution is -2.58. The molecule has 11 nitrogen and oxygen atoms in total. The zero-order chi connectivity index (χ0) is 32.8. The highest BCUT2D eigenvalue weighted by molar-refractivity contribution is 6.30. The number of hydrogen-bond acceptors (Lipinski definition) is 8. The summed E-state index contributed by atoms with van der Waals surface area (Å²) in [6.45, 7) is 6.91. The summed E-state index contributed by atoms with van der Waals surface area (Å²) >= 11 is 6.31. The van der Waals surface area contributed by atoms with Crippen molar-refractivity contribution in [1.82, 2.24) is 20.0 Å². The van der Waals surface area contributed by atoms with Crippen molar-refractivity contribution >= 4 is 35.2 Å². The minimum absolute atomic E-state index is 0.0694. The molecular weight excluding hydrogens is 608 g/mol. The molecule has 0 saturated carbocycles. The average Bonchev–Trinajstić information content (AvgIpc) is 3.71. The van der Waals surface area contributed by atoms with Crippen LogP contribution in [0.1, 0.15) is 37.8 Å². The van der Waals surface area contributed by atoms with E-state index in [1.54, 1.807) is 24.8 Å². The topological polar surface area (TPSA) is 130 Å². The van der Waals surface area contributed by atoms with Gasteiger partial charge in [-0.3, -0.25) is 14.4 Å². The molecule has 46 heavy (non-hydrogen) atoms. The van der Waals surface area contributed by atoms with E-state index in [1.807, 2.05) is 60.5 Å². The van der Waals surface area contributed by atoms with E-state index >= 15 is 0 Å². The quantitative estimate of drug-likeness (QED) is 0.381. The summed E-state index contributed by atoms with van der Waals surface area (Å²) in [4.78, 5) is 52.0. The van der Waals surface area contributed by atoms with Gasteiger partial charge in [0, 0.05) is 44.2 Å². The second-order valence-electron chi connectivity index (χ2n) is 12.6. The lowest BCUT2D eigenvalue weighted by atomic mass is 9.90. The molecule has 0 radical (unpaired) electrons. The molecule has 4 unspecified atom stereocenters. The number of carbonyl (C=O) groups is 3. The molecule has 12 heteroatoms. The summed E-state index contributed by atoms with van der Waals surface area (Å²) in [5.41, 5.74) is 6.52. The summed E-state index contributed by atoms with van der Waals surface area (Å²) < 4.78 is 12.4. The monoisotopic (exact) mass is 652 g/mol. The van der Waals surface area contributed by atoms with E-state index in [0.717, 1.165) is 30.6 Å². The number of benzene rings is 2. The Labute approximate surface area is 276 Å². The van der Waals surface area contributed by atoms with E-state index in [9.17, 15) is 14.4 Å². The van der Waals surface area contributed by atoms with Gasteiger partial charge in [0.2, 0.25) is 17.7 Å². The van der Waals surface area contributed by atoms with Crippen molar-refractivity contribution in [2.24, 2.45) is 10.7 Å². The maximum atomic E-state index is 14.2. The van der Waals surface area contributed by atoms with Crippen molar-refractivity contribution in [2.75, 3.05) is 46.4 Å². The molecule has 3 heterocycles. The predicted molar refractivity (Wildman–Crippen MR) is 176 cm³/mol. The standard InChI is InChI=1S/C34H45ClN6O5/c1-23(36)30(42)37-29(24(2)45-21-25-9-5-4-6-10-25)32(43)41-14-8-13-28(41)31-38-34(22-46-31,20-26-11-7-12-27(35)19-26)33(44)40-17-15-39(3)16-18-40/h4-7,9-12,19,23-24,28-29H,8,13-18,20-22,36H2,1-3H3,(H,37,42)/t23?,24?,28?,29?,34-/m1/s1. The maximum Gasteiger partial charge on any atom is 0.254 e. The minimum Gasteiger partial charge on any atom is -0.476 e. The molecule has 2 aromatic carbocycles. The van der Waals surface area contributed by atoms with Crippen LogP contribution in [-0.4, -0.2) is 114 Å². The van der Waals surface area contributed by atoms with E-state index in [-0.39, 0.29) is 25.0 Å². The molecule has 2 aromatic rings. The predicted octanol–water partition coefficient (Wildman–Crippen LogP) is 2.25. The molecule has 5 rings (SSSR count). The second-order valence-corrected chi connectivity index (χ2v) is 13.1. The number of aliphatic imine (C=N–C) groups is 1. The molecule has 3 amide bonds. The van der Waals surface area contributed by atoms with Crippen LogP contribution in [0.15, 0.2) is 59.6 Å². The van der Waals surface area contributed by atoms with Gasteiger partial charge >= 0.3 is 0 Å². The summed E-state index contributed by atoms with van der Waals surface area (Å²) in [5.74, 6) is -0.472. The van der Waals surface area contributed by atoms with Crippen LogP contribution >= 0.6 is 11.6 Å². The molecular formula is C34H45ClN6O5. The van der Waals surface area contributed by atoms with Crippen LogP contribution in [0, 0.1) is 0 Å². The van der Waals surface area contributed by atoms with Crippen LogP contribution in [0.4, 0.5) is 0 Å². The molecule has 5 atom stereocenters. The number of rotatable bonds is 11. The van der Waals surface area contributed by atoms with Crippen molar-refractivity contribution in [3.05, 3.63) is 70.7 Å². The van der Waals surface area contributed by atoms with Gasteiger partial charge in [-0.1, -0.05) is 54.1 Å². The molecule has 3 N–H and O–H groups in total. The molecule has 248 valence electrons. The Morgan fingerprint density at radius 3 is 2.48 bits per heavy atom. The number of halogens is 1. The smallest absolute Gasteiger partial charge is 0.254 e. The Morgan fingerprint density at radius 1 is 1.07 bits per heavy atom. The normalized spacial score (nSPS) is 23.8. The van der Waals surface area contributed by atoms with Crippen LogP contribution in [0.3, 0.4) is 0 Å². The van der Waals surface area contributed by atoms with Crippen molar-refractivity contribution < 1.29 is 23.9 Å². The third-order valence-corrected chi connectivity index (χ3v) is 9.22. The Balaban J connectivity index is 1.40. The summed E-state index contributed by atoms with van der Waals surface area (Å²) in [5, 5.41) is 3.40. The van der Waals surface area contributed by atoms with Crippen molar-refractivity contribution in [3.63, 3.8) is 0 Å². The fourth-order valence-electron chi connectivity index (χ4n) is 6.23. The lowest BCUT2D eigenvalue weighted by molar-refractivity contribution is -0.141. The highest BCUT2D eigenvalue weighted by Crippen LogP contribution is 2.32. The number of ether oxygens (including phenoxy) is 2. The zero-order valence-corrected chi connectivity index (χ0v) is 27.6. The van der Waals surface area contributed by atoms with Gasteiger partial charge in [-0.05, 0) is 57.0 Å². The van der Waals surface area contributed by atoms with E-state index in [4.69, 9.17) is 31.8 Å². The average molecular weight is 653 g/mol. The number of nitrogens with zero attached hydrogens (tertiary/aromatic N) is 4. The molecule has 3 aliphatic rings. The SMILES string of the molecule is CC(N)C(=O)NC(C(=O)N1CCCC1C1=N[C@@](Cc2cccc(Cl)c2)(C(=O)N2CCN(C)CC2)CO1)C(C)OCc1ccccc1. The first-order valence-electron chi connectivity index (χ1n) is 16.0. The first-order valence-corrected chi connectivity index (χ1v) is 16.4. The Kier molecular flexibility index (Phi) is 11.0. The first-order chi connectivity index (χ1) is 22.1. The van der Waals surface area contributed by atoms with Gasteiger partial charge in [0.1, 0.15) is 18.7 Å². The Morgan fingerprint density at radius 2 is 1.78 bits per heavy atom. The maximum absolute atomic E-state index is 14.2. The van der Waals surface area contributed by atoms with Gasteiger partial charge < -0.3 is 35.2 Å². The third kappa shape index (κ3) is 7.88. The summed E-state index contributed by atoms with van der Waals surface area (Å²) in [6.07, 6.45) is 1.01. The largest absolute Gasteiger partial charge is 0.476 e. The summed E-state index contributed by atoms with van der Waals surface area (Å²) in [7, 11) is 2.04. The van der Waals surface area contributed by atoms with Crippen molar-refractivity contribution in [1.29, 1.82) is 0 Å². The van der Waals surface area contributed by atoms with Gasteiger partial charge in [-0.2, -0.15) is 0 Å². The molecule has 2 saturated heterocycles. The van der Waals surface area contributed by atoms with Gasteiger partial charge in [0.15, 0.2) is 5.54 Å². The van der Waals surface area contributed by atoms with E-state index in [0.29, 0.717) is 43.4 Å². The molecule has 0 aromatic heterocycles. The van der Waals surface area contributed by atoms with Crippen LogP contribution < -0.4 is 11.1 Å². The van der Waals surface area contributed by atoms with Gasteiger partial charge in [0.25, 0.3) is 5.91 Å². The number of nitrogens with one attached hydrogen (secondary N) is 1. The number of likely N-dealkylation sites (tertiary alicyclic amines) is 1. The number of likely N-dealkylation sites (N-methyl/N-ethyl adjacent to an activating group) is 1. The molecule has 2 fully saturated rings. The number of hydrogen-bond donors (Lipinski definition) is 2. The highest BCUT2D eigenvalue weighted by Gasteiger charge is 2.50. The number of piperazine rings is 1. The van der Waals surface area contributed by atoms with Crippen molar-refractivity contribution in [3.8, 4) is 0 Å². The fraction of sp³-hybridized carbons (Fsp3) is 0.529. The van der Waals surface area contributed by atoms with Crippen LogP contribution in [0.25, 0.3) is 0 Å².